The molecule has 2 heteroatoms. The molecule has 10 aromatic carbocycles. The van der Waals surface area contributed by atoms with E-state index in [1.54, 1.807) is 0 Å². The highest BCUT2D eigenvalue weighted by molar-refractivity contribution is 6.22. The first-order valence-electron chi connectivity index (χ1n) is 19.2. The van der Waals surface area contributed by atoms with Crippen LogP contribution in [0.2, 0.25) is 0 Å². The number of furan rings is 1. The van der Waals surface area contributed by atoms with Crippen molar-refractivity contribution in [3.8, 4) is 33.4 Å². The highest BCUT2D eigenvalue weighted by atomic mass is 16.3. The maximum Gasteiger partial charge on any atom is 0.136 e. The highest BCUT2D eigenvalue weighted by Crippen LogP contribution is 2.51. The molecule has 1 aromatic heterocycles. The molecule has 0 unspecified atom stereocenters. The molecule has 0 N–H and O–H groups in total. The highest BCUT2D eigenvalue weighted by Gasteiger charge is 2.26. The lowest BCUT2D eigenvalue weighted by atomic mass is 9.89. The average molecular weight is 714 g/mol. The molecule has 11 aromatic rings. The van der Waals surface area contributed by atoms with Crippen LogP contribution >= 0.6 is 0 Å². The maximum atomic E-state index is 6.63. The molecule has 0 saturated carbocycles. The summed E-state index contributed by atoms with van der Waals surface area (Å²) in [5, 5.41) is 9.56. The fraction of sp³-hybridized carbons (Fsp3) is 0. The van der Waals surface area contributed by atoms with Crippen LogP contribution in [0, 0.1) is 0 Å². The van der Waals surface area contributed by atoms with Crippen molar-refractivity contribution >= 4 is 71.3 Å². The van der Waals surface area contributed by atoms with Crippen molar-refractivity contribution in [2.45, 2.75) is 0 Å². The normalized spacial score (nSPS) is 11.6. The van der Waals surface area contributed by atoms with Crippen LogP contribution in [0.25, 0.3) is 87.6 Å². The van der Waals surface area contributed by atoms with E-state index < -0.39 is 0 Å². The number of fused-ring (bicyclic) bond motifs is 7. The van der Waals surface area contributed by atoms with E-state index in [0.29, 0.717) is 0 Å². The van der Waals surface area contributed by atoms with Gasteiger partial charge in [0.1, 0.15) is 11.2 Å². The van der Waals surface area contributed by atoms with Crippen molar-refractivity contribution in [2.24, 2.45) is 0 Å². The molecule has 0 saturated heterocycles. The van der Waals surface area contributed by atoms with Crippen LogP contribution in [0.1, 0.15) is 0 Å². The minimum Gasteiger partial charge on any atom is -0.456 e. The summed E-state index contributed by atoms with van der Waals surface area (Å²) in [4.78, 5) is 2.45. The molecular weight excluding hydrogens is 679 g/mol. The summed E-state index contributed by atoms with van der Waals surface area (Å²) >= 11 is 0. The van der Waals surface area contributed by atoms with Crippen molar-refractivity contribution in [1.29, 1.82) is 0 Å². The zero-order chi connectivity index (χ0) is 37.0. The van der Waals surface area contributed by atoms with Crippen molar-refractivity contribution in [3.63, 3.8) is 0 Å². The SMILES string of the molecule is c1ccc(-c2ccccc2N(c2ccc(-c3ccc4ccccc4c3)cc2)c2ccc3oc4ccccc4c3c2-c2cc3ccccc3c3ccccc23)cc1. The predicted octanol–water partition coefficient (Wildman–Crippen LogP) is 15.5. The zero-order valence-electron chi connectivity index (χ0n) is 30.6. The average Bonchev–Trinajstić information content (AvgIpc) is 3.66. The molecule has 1 heterocycles. The standard InChI is InChI=1S/C54H35NO/c1-2-15-38(16-3-1)44-20-10-12-24-49(44)55(42-30-28-37(29-31-42)40-27-26-36-14-4-5-17-39(36)34-40)50-32-33-52-54(47-23-11-13-25-51(47)56-52)53(50)48-35-41-18-6-7-19-43(41)45-21-8-9-22-46(45)48/h1-35H. The number of anilines is 3. The fourth-order valence-corrected chi connectivity index (χ4v) is 8.64. The number of hydrogen-bond donors (Lipinski definition) is 0. The maximum absolute atomic E-state index is 6.63. The molecule has 56 heavy (non-hydrogen) atoms. The van der Waals surface area contributed by atoms with Gasteiger partial charge >= 0.3 is 0 Å². The third-order valence-corrected chi connectivity index (χ3v) is 11.2. The molecule has 0 aliphatic rings. The van der Waals surface area contributed by atoms with Crippen LogP contribution in [0.5, 0.6) is 0 Å². The van der Waals surface area contributed by atoms with Crippen LogP contribution in [0.3, 0.4) is 0 Å². The topological polar surface area (TPSA) is 16.4 Å². The number of para-hydroxylation sites is 2. The van der Waals surface area contributed by atoms with E-state index in [1.807, 2.05) is 0 Å². The van der Waals surface area contributed by atoms with E-state index in [1.165, 1.54) is 49.0 Å². The Balaban J connectivity index is 1.23. The van der Waals surface area contributed by atoms with Gasteiger partial charge in [0.2, 0.25) is 0 Å². The summed E-state index contributed by atoms with van der Waals surface area (Å²) in [6.45, 7) is 0. The van der Waals surface area contributed by atoms with Crippen LogP contribution < -0.4 is 4.90 Å². The van der Waals surface area contributed by atoms with Gasteiger partial charge in [-0.1, -0.05) is 164 Å². The lowest BCUT2D eigenvalue weighted by Gasteiger charge is -2.30. The van der Waals surface area contributed by atoms with E-state index in [4.69, 9.17) is 4.42 Å². The molecular formula is C54H35NO. The molecule has 0 fully saturated rings. The Labute approximate surface area is 325 Å². The second-order valence-electron chi connectivity index (χ2n) is 14.4. The number of nitrogens with zero attached hydrogens (tertiary/aromatic N) is 1. The number of rotatable bonds is 6. The minimum absolute atomic E-state index is 0.866. The van der Waals surface area contributed by atoms with Crippen molar-refractivity contribution in [2.75, 3.05) is 4.90 Å². The summed E-state index contributed by atoms with van der Waals surface area (Å²) in [7, 11) is 0. The van der Waals surface area contributed by atoms with Gasteiger partial charge in [0.15, 0.2) is 0 Å². The molecule has 0 atom stereocenters. The molecule has 0 bridgehead atoms. The number of hydrogen-bond acceptors (Lipinski definition) is 2. The molecule has 0 aliphatic heterocycles. The molecule has 0 spiro atoms. The molecule has 262 valence electrons. The first-order chi connectivity index (χ1) is 27.8. The summed E-state index contributed by atoms with van der Waals surface area (Å²) < 4.78 is 6.63. The van der Waals surface area contributed by atoms with Crippen molar-refractivity contribution in [3.05, 3.63) is 212 Å². The summed E-state index contributed by atoms with van der Waals surface area (Å²) in [6, 6.07) is 76.6. The van der Waals surface area contributed by atoms with Crippen LogP contribution in [0.4, 0.5) is 17.1 Å². The second-order valence-corrected chi connectivity index (χ2v) is 14.4. The number of benzene rings is 10. The van der Waals surface area contributed by atoms with Gasteiger partial charge in [-0.25, -0.2) is 0 Å². The van der Waals surface area contributed by atoms with Gasteiger partial charge in [-0.3, -0.25) is 0 Å². The Morgan fingerprint density at radius 3 is 1.80 bits per heavy atom. The van der Waals surface area contributed by atoms with E-state index in [9.17, 15) is 0 Å². The summed E-state index contributed by atoms with van der Waals surface area (Å²) in [5.74, 6) is 0. The van der Waals surface area contributed by atoms with Gasteiger partial charge < -0.3 is 9.32 Å². The summed E-state index contributed by atoms with van der Waals surface area (Å²) in [6.07, 6.45) is 0. The molecule has 2 nitrogen and oxygen atoms in total. The van der Waals surface area contributed by atoms with E-state index in [0.717, 1.165) is 55.7 Å². The Kier molecular flexibility index (Phi) is 7.53. The Bertz CT molecular complexity index is 3250. The zero-order valence-corrected chi connectivity index (χ0v) is 30.6. The van der Waals surface area contributed by atoms with Crippen molar-refractivity contribution in [1.82, 2.24) is 0 Å². The van der Waals surface area contributed by atoms with Crippen LogP contribution in [-0.4, -0.2) is 0 Å². The van der Waals surface area contributed by atoms with E-state index in [-0.39, 0.29) is 0 Å². The first kappa shape index (κ1) is 32.0. The Morgan fingerprint density at radius 1 is 0.321 bits per heavy atom. The molecule has 0 aliphatic carbocycles. The minimum atomic E-state index is 0.866. The van der Waals surface area contributed by atoms with Gasteiger partial charge in [0.05, 0.1) is 11.4 Å². The van der Waals surface area contributed by atoms with E-state index in [2.05, 4.69) is 217 Å². The predicted molar refractivity (Wildman–Crippen MR) is 237 cm³/mol. The summed E-state index contributed by atoms with van der Waals surface area (Å²) in [5.41, 5.74) is 12.0. The third-order valence-electron chi connectivity index (χ3n) is 11.2. The lowest BCUT2D eigenvalue weighted by Crippen LogP contribution is -2.12. The van der Waals surface area contributed by atoms with Gasteiger partial charge in [-0.15, -0.1) is 0 Å². The quantitative estimate of drug-likeness (QED) is 0.160. The fourth-order valence-electron chi connectivity index (χ4n) is 8.64. The second kappa shape index (κ2) is 13.2. The monoisotopic (exact) mass is 713 g/mol. The van der Waals surface area contributed by atoms with Gasteiger partial charge in [0.25, 0.3) is 0 Å². The molecule has 11 rings (SSSR count). The van der Waals surface area contributed by atoms with E-state index >= 15 is 0 Å². The Morgan fingerprint density at radius 2 is 0.964 bits per heavy atom. The Hall–Kier alpha value is -7.42. The van der Waals surface area contributed by atoms with Crippen LogP contribution in [0.15, 0.2) is 217 Å². The third kappa shape index (κ3) is 5.26. The van der Waals surface area contributed by atoms with Gasteiger partial charge in [0, 0.05) is 27.6 Å². The molecule has 0 radical (unpaired) electrons. The smallest absolute Gasteiger partial charge is 0.136 e. The largest absolute Gasteiger partial charge is 0.456 e. The lowest BCUT2D eigenvalue weighted by molar-refractivity contribution is 0.669. The van der Waals surface area contributed by atoms with Crippen molar-refractivity contribution < 1.29 is 4.42 Å². The van der Waals surface area contributed by atoms with Gasteiger partial charge in [-0.05, 0) is 103 Å². The molecule has 0 amide bonds. The van der Waals surface area contributed by atoms with Gasteiger partial charge in [-0.2, -0.15) is 0 Å². The van der Waals surface area contributed by atoms with Crippen LogP contribution in [-0.2, 0) is 0 Å². The first-order valence-corrected chi connectivity index (χ1v) is 19.2.